The zero-order valence-corrected chi connectivity index (χ0v) is 19.8. The van der Waals surface area contributed by atoms with Crippen molar-refractivity contribution in [2.75, 3.05) is 14.2 Å². The van der Waals surface area contributed by atoms with Crippen molar-refractivity contribution in [1.29, 1.82) is 0 Å². The summed E-state index contributed by atoms with van der Waals surface area (Å²) in [4.78, 5) is 17.0. The molecular weight excluding hydrogens is 444 g/mol. The molecule has 3 rings (SSSR count). The van der Waals surface area contributed by atoms with Crippen LogP contribution in [0.1, 0.15) is 54.2 Å². The quantitative estimate of drug-likeness (QED) is 0.410. The smallest absolute Gasteiger partial charge is 0.351 e. The van der Waals surface area contributed by atoms with Crippen molar-refractivity contribution in [3.05, 3.63) is 76.9 Å². The maximum Gasteiger partial charge on any atom is 0.351 e. The molecule has 1 aromatic heterocycles. The molecular formula is C25H29ClN2O5. The van der Waals surface area contributed by atoms with Gasteiger partial charge in [0.1, 0.15) is 17.3 Å². The molecule has 0 radical (unpaired) electrons. The first-order valence-electron chi connectivity index (χ1n) is 10.8. The summed E-state index contributed by atoms with van der Waals surface area (Å²) in [6.07, 6.45) is 2.41. The van der Waals surface area contributed by atoms with Gasteiger partial charge in [-0.1, -0.05) is 37.6 Å². The number of aromatic nitrogens is 2. The SMILES string of the molecule is CCCCc1nc(Cc2ccc(OC(C(=O)OC)c3ccc(OC)cc3)cc2)c(CO)n1Cl. The van der Waals surface area contributed by atoms with E-state index in [0.29, 0.717) is 29.2 Å². The molecule has 1 atom stereocenters. The Hall–Kier alpha value is -3.03. The van der Waals surface area contributed by atoms with Crippen LogP contribution in [0.25, 0.3) is 0 Å². The summed E-state index contributed by atoms with van der Waals surface area (Å²) in [7, 11) is 2.91. The summed E-state index contributed by atoms with van der Waals surface area (Å²) < 4.78 is 17.5. The van der Waals surface area contributed by atoms with E-state index in [0.717, 1.165) is 36.3 Å². The molecule has 0 saturated heterocycles. The van der Waals surface area contributed by atoms with E-state index in [2.05, 4.69) is 11.9 Å². The average Bonchev–Trinajstić information content (AvgIpc) is 3.15. The van der Waals surface area contributed by atoms with E-state index in [1.54, 1.807) is 43.5 Å². The predicted molar refractivity (Wildman–Crippen MR) is 126 cm³/mol. The van der Waals surface area contributed by atoms with E-state index in [-0.39, 0.29) is 6.61 Å². The molecule has 0 aliphatic carbocycles. The highest BCUT2D eigenvalue weighted by Gasteiger charge is 2.24. The van der Waals surface area contributed by atoms with Crippen LogP contribution in [-0.2, 0) is 29.0 Å². The van der Waals surface area contributed by atoms with Crippen molar-refractivity contribution in [2.24, 2.45) is 0 Å². The van der Waals surface area contributed by atoms with Crippen LogP contribution in [0.5, 0.6) is 11.5 Å². The number of nitrogens with zero attached hydrogens (tertiary/aromatic N) is 2. The number of carbonyl (C=O) groups is 1. The van der Waals surface area contributed by atoms with Crippen LogP contribution in [0.2, 0.25) is 0 Å². The van der Waals surface area contributed by atoms with Crippen LogP contribution in [0.3, 0.4) is 0 Å². The second-order valence-corrected chi connectivity index (χ2v) is 7.92. The number of halogens is 1. The molecule has 3 aromatic rings. The number of hydrogen-bond donors (Lipinski definition) is 1. The minimum absolute atomic E-state index is 0.179. The fourth-order valence-corrected chi connectivity index (χ4v) is 3.74. The van der Waals surface area contributed by atoms with Crippen molar-refractivity contribution in [2.45, 2.75) is 45.3 Å². The van der Waals surface area contributed by atoms with E-state index in [1.165, 1.54) is 11.2 Å². The highest BCUT2D eigenvalue weighted by molar-refractivity contribution is 6.16. The first-order chi connectivity index (χ1) is 16.0. The van der Waals surface area contributed by atoms with E-state index in [4.69, 9.17) is 26.0 Å². The molecule has 0 aliphatic heterocycles. The van der Waals surface area contributed by atoms with Gasteiger partial charge in [-0.15, -0.1) is 0 Å². The lowest BCUT2D eigenvalue weighted by Gasteiger charge is -2.18. The molecule has 0 spiro atoms. The largest absolute Gasteiger partial charge is 0.497 e. The summed E-state index contributed by atoms with van der Waals surface area (Å²) in [5.41, 5.74) is 2.99. The number of ether oxygens (including phenoxy) is 3. The Morgan fingerprint density at radius 1 is 1.09 bits per heavy atom. The molecule has 33 heavy (non-hydrogen) atoms. The normalized spacial score (nSPS) is 11.8. The van der Waals surface area contributed by atoms with Gasteiger partial charge in [0.25, 0.3) is 0 Å². The number of benzene rings is 2. The molecule has 0 fully saturated rings. The maximum atomic E-state index is 12.3. The van der Waals surface area contributed by atoms with Crippen molar-refractivity contribution < 1.29 is 24.1 Å². The molecule has 0 amide bonds. The number of methoxy groups -OCH3 is 2. The Balaban J connectivity index is 1.75. The van der Waals surface area contributed by atoms with Gasteiger partial charge in [-0.05, 0) is 36.2 Å². The summed E-state index contributed by atoms with van der Waals surface area (Å²) in [5.74, 6) is 1.48. The Kier molecular flexibility index (Phi) is 8.74. The highest BCUT2D eigenvalue weighted by Crippen LogP contribution is 2.26. The van der Waals surface area contributed by atoms with Gasteiger partial charge in [0, 0.05) is 30.2 Å². The van der Waals surface area contributed by atoms with Gasteiger partial charge >= 0.3 is 5.97 Å². The van der Waals surface area contributed by atoms with Crippen molar-refractivity contribution in [3.8, 4) is 11.5 Å². The van der Waals surface area contributed by atoms with Crippen LogP contribution in [0, 0.1) is 0 Å². The molecule has 1 unspecified atom stereocenters. The average molecular weight is 473 g/mol. The third-order valence-electron chi connectivity index (χ3n) is 5.35. The molecule has 8 heteroatoms. The van der Waals surface area contributed by atoms with Crippen molar-refractivity contribution in [1.82, 2.24) is 9.07 Å². The summed E-state index contributed by atoms with van der Waals surface area (Å²) in [5, 5.41) is 9.76. The number of aryl methyl sites for hydroxylation is 1. The minimum Gasteiger partial charge on any atom is -0.497 e. The van der Waals surface area contributed by atoms with E-state index in [1.807, 2.05) is 12.1 Å². The van der Waals surface area contributed by atoms with E-state index < -0.39 is 12.1 Å². The number of aliphatic hydroxyl groups is 1. The monoisotopic (exact) mass is 472 g/mol. The van der Waals surface area contributed by atoms with Gasteiger partial charge in [-0.2, -0.15) is 0 Å². The molecule has 7 nitrogen and oxygen atoms in total. The lowest BCUT2D eigenvalue weighted by atomic mass is 10.1. The third kappa shape index (κ3) is 6.06. The Morgan fingerprint density at radius 2 is 1.76 bits per heavy atom. The van der Waals surface area contributed by atoms with E-state index in [9.17, 15) is 9.90 Å². The topological polar surface area (TPSA) is 82.8 Å². The lowest BCUT2D eigenvalue weighted by Crippen LogP contribution is -2.20. The van der Waals surface area contributed by atoms with Gasteiger partial charge < -0.3 is 19.3 Å². The molecule has 176 valence electrons. The van der Waals surface area contributed by atoms with Crippen molar-refractivity contribution >= 4 is 17.7 Å². The molecule has 0 aliphatic rings. The molecule has 1 heterocycles. The molecule has 2 aromatic carbocycles. The lowest BCUT2D eigenvalue weighted by molar-refractivity contribution is -0.149. The summed E-state index contributed by atoms with van der Waals surface area (Å²) in [6.45, 7) is 1.93. The number of carbonyl (C=O) groups excluding carboxylic acids is 1. The Labute approximate surface area is 199 Å². The molecule has 0 saturated carbocycles. The standard InChI is InChI=1S/C25H29ClN2O5/c1-4-5-6-23-27-21(22(16-29)28(23)26)15-17-7-11-20(12-8-17)33-24(25(30)32-3)18-9-13-19(31-2)14-10-18/h7-14,24,29H,4-6,15-16H2,1-3H3. The molecule has 0 bridgehead atoms. The van der Waals surface area contributed by atoms with Gasteiger partial charge in [-0.25, -0.2) is 13.9 Å². The van der Waals surface area contributed by atoms with Crippen LogP contribution in [-0.4, -0.2) is 34.4 Å². The number of hydrogen-bond acceptors (Lipinski definition) is 6. The number of aliphatic hydroxyl groups excluding tert-OH is 1. The van der Waals surface area contributed by atoms with Crippen LogP contribution >= 0.6 is 11.8 Å². The fraction of sp³-hybridized carbons (Fsp3) is 0.360. The zero-order chi connectivity index (χ0) is 23.8. The molecule has 1 N–H and O–H groups in total. The number of rotatable bonds is 11. The highest BCUT2D eigenvalue weighted by atomic mass is 35.5. The predicted octanol–water partition coefficient (Wildman–Crippen LogP) is 4.61. The van der Waals surface area contributed by atoms with Crippen LogP contribution < -0.4 is 9.47 Å². The van der Waals surface area contributed by atoms with Crippen LogP contribution in [0.15, 0.2) is 48.5 Å². The van der Waals surface area contributed by atoms with Gasteiger partial charge in [0.05, 0.1) is 32.2 Å². The van der Waals surface area contributed by atoms with Gasteiger partial charge in [0.15, 0.2) is 0 Å². The Morgan fingerprint density at radius 3 is 2.33 bits per heavy atom. The number of imidazole rings is 1. The van der Waals surface area contributed by atoms with E-state index >= 15 is 0 Å². The first-order valence-corrected chi connectivity index (χ1v) is 11.2. The van der Waals surface area contributed by atoms with Gasteiger partial charge in [-0.3, -0.25) is 0 Å². The number of esters is 1. The first kappa shape index (κ1) is 24.6. The van der Waals surface area contributed by atoms with Gasteiger partial charge in [0.2, 0.25) is 6.10 Å². The van der Waals surface area contributed by atoms with Crippen molar-refractivity contribution in [3.63, 3.8) is 0 Å². The maximum absolute atomic E-state index is 12.3. The summed E-state index contributed by atoms with van der Waals surface area (Å²) >= 11 is 6.36. The third-order valence-corrected chi connectivity index (χ3v) is 5.75. The Bertz CT molecular complexity index is 1050. The second kappa shape index (κ2) is 11.7. The number of unbranched alkanes of at least 4 members (excludes halogenated alkanes) is 1. The minimum atomic E-state index is -0.902. The fourth-order valence-electron chi connectivity index (χ4n) is 3.47. The zero-order valence-electron chi connectivity index (χ0n) is 19.1. The van der Waals surface area contributed by atoms with Crippen LogP contribution in [0.4, 0.5) is 0 Å². The second-order valence-electron chi connectivity index (χ2n) is 7.58. The summed E-state index contributed by atoms with van der Waals surface area (Å²) in [6, 6.07) is 14.5.